The first-order chi connectivity index (χ1) is 15.1. The fraction of sp³-hybridized carbons (Fsp3) is 0.345. The van der Waals surface area contributed by atoms with Crippen LogP contribution in [0.25, 0.3) is 0 Å². The van der Waals surface area contributed by atoms with E-state index >= 15 is 0 Å². The lowest BCUT2D eigenvalue weighted by Gasteiger charge is -2.27. The molecule has 0 bridgehead atoms. The second-order valence-corrected chi connectivity index (χ2v) is 12.6. The van der Waals surface area contributed by atoms with Crippen LogP contribution in [0.4, 0.5) is 0 Å². The minimum Gasteiger partial charge on any atom is -0.426 e. The molecule has 32 heavy (non-hydrogen) atoms. The summed E-state index contributed by atoms with van der Waals surface area (Å²) in [5, 5.41) is 2.57. The number of esters is 1. The number of benzene rings is 3. The average molecular weight is 447 g/mol. The third-order valence-corrected chi connectivity index (χ3v) is 8.07. The summed E-state index contributed by atoms with van der Waals surface area (Å²) in [6, 6.07) is 27.2. The molecule has 0 N–H and O–H groups in total. The fourth-order valence-electron chi connectivity index (χ4n) is 3.67. The summed E-state index contributed by atoms with van der Waals surface area (Å²) in [5.41, 5.74) is 2.26. The van der Waals surface area contributed by atoms with Gasteiger partial charge < -0.3 is 4.74 Å². The number of ether oxygens (including phenoxy) is 1. The normalized spacial score (nSPS) is 12.1. The highest BCUT2D eigenvalue weighted by atomic mass is 31.1. The van der Waals surface area contributed by atoms with Crippen molar-refractivity contribution >= 4 is 24.5 Å². The van der Waals surface area contributed by atoms with E-state index in [2.05, 4.69) is 102 Å². The molecule has 0 fully saturated rings. The third-order valence-electron chi connectivity index (χ3n) is 5.55. The van der Waals surface area contributed by atoms with E-state index in [4.69, 9.17) is 4.74 Å². The van der Waals surface area contributed by atoms with Crippen LogP contribution in [0.2, 0.25) is 0 Å². The predicted octanol–water partition coefficient (Wildman–Crippen LogP) is 6.71. The monoisotopic (exact) mass is 446 g/mol. The van der Waals surface area contributed by atoms with E-state index in [1.807, 2.05) is 18.2 Å². The van der Waals surface area contributed by atoms with Gasteiger partial charge in [0.05, 0.1) is 6.42 Å². The SMILES string of the molecule is CC(C)(C)c1ccc(OC(=O)CCP(c2ccccc2)c2ccccc2)c(C(C)(C)C)c1. The zero-order valence-corrected chi connectivity index (χ0v) is 21.1. The molecule has 3 heteroatoms. The molecule has 0 spiro atoms. The highest BCUT2D eigenvalue weighted by molar-refractivity contribution is 7.73. The van der Waals surface area contributed by atoms with Crippen molar-refractivity contribution in [3.8, 4) is 5.75 Å². The van der Waals surface area contributed by atoms with Gasteiger partial charge in [-0.1, -0.05) is 114 Å². The standard InChI is InChI=1S/C29H35O2P/c1-28(2,3)22-17-18-26(25(21-22)29(4,5)6)31-27(30)19-20-32(23-13-9-7-10-14-23)24-15-11-8-12-16-24/h7-18,21H,19-20H2,1-6H3. The van der Waals surface area contributed by atoms with E-state index in [0.29, 0.717) is 12.2 Å². The first kappa shape index (κ1) is 24.2. The van der Waals surface area contributed by atoms with Crippen molar-refractivity contribution in [3.63, 3.8) is 0 Å². The first-order valence-electron chi connectivity index (χ1n) is 11.3. The van der Waals surface area contributed by atoms with Gasteiger partial charge >= 0.3 is 5.97 Å². The Hall–Kier alpha value is -2.44. The van der Waals surface area contributed by atoms with Gasteiger partial charge in [-0.25, -0.2) is 0 Å². The van der Waals surface area contributed by atoms with Gasteiger partial charge in [0.25, 0.3) is 0 Å². The van der Waals surface area contributed by atoms with Crippen molar-refractivity contribution in [2.75, 3.05) is 6.16 Å². The van der Waals surface area contributed by atoms with Crippen molar-refractivity contribution in [1.29, 1.82) is 0 Å². The third kappa shape index (κ3) is 6.30. The summed E-state index contributed by atoms with van der Waals surface area (Å²) in [7, 11) is -0.610. The summed E-state index contributed by atoms with van der Waals surface area (Å²) in [6.07, 6.45) is 1.16. The van der Waals surface area contributed by atoms with Crippen molar-refractivity contribution in [1.82, 2.24) is 0 Å². The maximum Gasteiger partial charge on any atom is 0.311 e. The van der Waals surface area contributed by atoms with Crippen LogP contribution >= 0.6 is 7.92 Å². The lowest BCUT2D eigenvalue weighted by molar-refractivity contribution is -0.134. The Bertz CT molecular complexity index is 989. The Morgan fingerprint density at radius 1 is 0.750 bits per heavy atom. The summed E-state index contributed by atoms with van der Waals surface area (Å²) in [5.74, 6) is 0.512. The molecule has 2 nitrogen and oxygen atoms in total. The summed E-state index contributed by atoms with van der Waals surface area (Å²) in [4.78, 5) is 12.9. The van der Waals surface area contributed by atoms with Gasteiger partial charge in [-0.2, -0.15) is 0 Å². The molecule has 3 aromatic carbocycles. The zero-order valence-electron chi connectivity index (χ0n) is 20.2. The molecular weight excluding hydrogens is 411 g/mol. The van der Waals surface area contributed by atoms with Gasteiger partial charge in [0.15, 0.2) is 0 Å². The second-order valence-electron chi connectivity index (χ2n) is 10.3. The maximum absolute atomic E-state index is 12.9. The molecule has 0 aromatic heterocycles. The van der Waals surface area contributed by atoms with Crippen LogP contribution in [-0.4, -0.2) is 12.1 Å². The molecule has 3 aromatic rings. The maximum atomic E-state index is 12.9. The number of hydrogen-bond acceptors (Lipinski definition) is 2. The molecule has 0 saturated carbocycles. The molecule has 0 aliphatic carbocycles. The molecule has 0 amide bonds. The molecule has 0 aliphatic rings. The predicted molar refractivity (Wildman–Crippen MR) is 138 cm³/mol. The van der Waals surface area contributed by atoms with E-state index in [1.54, 1.807) is 0 Å². The van der Waals surface area contributed by atoms with Gasteiger partial charge in [0, 0.05) is 5.56 Å². The molecule has 0 aliphatic heterocycles. The molecule has 3 rings (SSSR count). The van der Waals surface area contributed by atoms with E-state index in [1.165, 1.54) is 16.2 Å². The van der Waals surface area contributed by atoms with E-state index in [9.17, 15) is 4.79 Å². The quantitative estimate of drug-likeness (QED) is 0.239. The van der Waals surface area contributed by atoms with Crippen molar-refractivity contribution in [3.05, 3.63) is 90.0 Å². The van der Waals surface area contributed by atoms with Crippen LogP contribution in [0.15, 0.2) is 78.9 Å². The summed E-state index contributed by atoms with van der Waals surface area (Å²) < 4.78 is 5.93. The van der Waals surface area contributed by atoms with Gasteiger partial charge in [0.2, 0.25) is 0 Å². The Kier molecular flexibility index (Phi) is 7.57. The first-order valence-corrected chi connectivity index (χ1v) is 12.8. The lowest BCUT2D eigenvalue weighted by Crippen LogP contribution is -2.20. The van der Waals surface area contributed by atoms with Gasteiger partial charge in [-0.3, -0.25) is 4.79 Å². The molecule has 0 heterocycles. The number of rotatable bonds is 6. The van der Waals surface area contributed by atoms with Crippen LogP contribution < -0.4 is 15.3 Å². The number of carbonyl (C=O) groups is 1. The van der Waals surface area contributed by atoms with Gasteiger partial charge in [-0.05, 0) is 47.2 Å². The topological polar surface area (TPSA) is 26.3 Å². The Morgan fingerprint density at radius 2 is 1.28 bits per heavy atom. The van der Waals surface area contributed by atoms with Crippen molar-refractivity contribution < 1.29 is 9.53 Å². The summed E-state index contributed by atoms with van der Waals surface area (Å²) >= 11 is 0. The molecule has 168 valence electrons. The van der Waals surface area contributed by atoms with Crippen LogP contribution in [-0.2, 0) is 15.6 Å². The van der Waals surface area contributed by atoms with Crippen LogP contribution in [0, 0.1) is 0 Å². The fourth-order valence-corrected chi connectivity index (χ4v) is 5.96. The Morgan fingerprint density at radius 3 is 1.75 bits per heavy atom. The van der Waals surface area contributed by atoms with E-state index in [0.717, 1.165) is 11.7 Å². The lowest BCUT2D eigenvalue weighted by atomic mass is 9.80. The zero-order chi connectivity index (χ0) is 23.4. The number of hydrogen-bond donors (Lipinski definition) is 0. The smallest absolute Gasteiger partial charge is 0.311 e. The molecule has 0 unspecified atom stereocenters. The van der Waals surface area contributed by atoms with E-state index in [-0.39, 0.29) is 16.8 Å². The highest BCUT2D eigenvalue weighted by Crippen LogP contribution is 2.37. The highest BCUT2D eigenvalue weighted by Gasteiger charge is 2.24. The minimum absolute atomic E-state index is 0.0454. The molecule has 0 saturated heterocycles. The average Bonchev–Trinajstić information content (AvgIpc) is 2.74. The largest absolute Gasteiger partial charge is 0.426 e. The minimum atomic E-state index is -0.610. The summed E-state index contributed by atoms with van der Waals surface area (Å²) in [6.45, 7) is 13.1. The van der Waals surface area contributed by atoms with E-state index < -0.39 is 7.92 Å². The molecular formula is C29H35O2P. The van der Waals surface area contributed by atoms with Gasteiger partial charge in [0.1, 0.15) is 5.75 Å². The van der Waals surface area contributed by atoms with Crippen LogP contribution in [0.3, 0.4) is 0 Å². The number of carbonyl (C=O) groups excluding carboxylic acids is 1. The van der Waals surface area contributed by atoms with Crippen molar-refractivity contribution in [2.45, 2.75) is 58.8 Å². The van der Waals surface area contributed by atoms with Crippen LogP contribution in [0.5, 0.6) is 5.75 Å². The van der Waals surface area contributed by atoms with Crippen LogP contribution in [0.1, 0.15) is 59.1 Å². The second kappa shape index (κ2) is 10.0. The molecule has 0 radical (unpaired) electrons. The van der Waals surface area contributed by atoms with Gasteiger partial charge in [-0.15, -0.1) is 0 Å². The molecule has 0 atom stereocenters. The van der Waals surface area contributed by atoms with Crippen molar-refractivity contribution in [2.24, 2.45) is 0 Å². The Balaban J connectivity index is 1.79. The Labute approximate surface area is 194 Å².